The van der Waals surface area contributed by atoms with Crippen molar-refractivity contribution in [2.45, 2.75) is 17.1 Å². The van der Waals surface area contributed by atoms with Crippen LogP contribution in [0.25, 0.3) is 5.70 Å². The maximum absolute atomic E-state index is 6.23. The predicted molar refractivity (Wildman–Crippen MR) is 105 cm³/mol. The first-order chi connectivity index (χ1) is 11.6. The highest BCUT2D eigenvalue weighted by Crippen LogP contribution is 2.35. The molecule has 0 bridgehead atoms. The molecule has 1 aromatic heterocycles. The standard InChI is InChI=1S/C19H18Cl2N2S/c1-14(23-8-3-2-4-9-23)16-10-15(11-22-12-16)13-24-19-17(20)6-5-7-18(19)21/h2-3,5-7,10-12H,1,4,8-9,13H2. The van der Waals surface area contributed by atoms with E-state index in [0.29, 0.717) is 10.0 Å². The van der Waals surface area contributed by atoms with Crippen molar-refractivity contribution < 1.29 is 0 Å². The Bertz CT molecular complexity index is 753. The first-order valence-corrected chi connectivity index (χ1v) is 9.49. The summed E-state index contributed by atoms with van der Waals surface area (Å²) in [5, 5.41) is 1.36. The molecule has 0 unspecified atom stereocenters. The highest BCUT2D eigenvalue weighted by Gasteiger charge is 2.12. The van der Waals surface area contributed by atoms with E-state index in [9.17, 15) is 0 Å². The van der Waals surface area contributed by atoms with Crippen molar-refractivity contribution in [1.29, 1.82) is 0 Å². The summed E-state index contributed by atoms with van der Waals surface area (Å²) < 4.78 is 0. The van der Waals surface area contributed by atoms with Crippen LogP contribution in [-0.4, -0.2) is 23.0 Å². The molecule has 124 valence electrons. The lowest BCUT2D eigenvalue weighted by molar-refractivity contribution is 0.432. The van der Waals surface area contributed by atoms with Gasteiger partial charge in [0.05, 0.1) is 10.0 Å². The Labute approximate surface area is 157 Å². The number of nitrogens with zero attached hydrogens (tertiary/aromatic N) is 2. The van der Waals surface area contributed by atoms with Crippen molar-refractivity contribution in [1.82, 2.24) is 9.88 Å². The lowest BCUT2D eigenvalue weighted by Crippen LogP contribution is -2.25. The van der Waals surface area contributed by atoms with Gasteiger partial charge in [-0.25, -0.2) is 0 Å². The van der Waals surface area contributed by atoms with Gasteiger partial charge in [0.2, 0.25) is 0 Å². The summed E-state index contributed by atoms with van der Waals surface area (Å²) in [6.45, 7) is 6.15. The molecule has 24 heavy (non-hydrogen) atoms. The van der Waals surface area contributed by atoms with Crippen LogP contribution in [0, 0.1) is 0 Å². The van der Waals surface area contributed by atoms with Crippen LogP contribution in [0.1, 0.15) is 17.5 Å². The first kappa shape index (κ1) is 17.4. The van der Waals surface area contributed by atoms with E-state index in [4.69, 9.17) is 23.2 Å². The maximum Gasteiger partial charge on any atom is 0.0557 e. The molecule has 1 aromatic carbocycles. The van der Waals surface area contributed by atoms with Crippen LogP contribution in [0.2, 0.25) is 10.0 Å². The van der Waals surface area contributed by atoms with E-state index in [1.807, 2.05) is 30.6 Å². The molecule has 5 heteroatoms. The minimum Gasteiger partial charge on any atom is -0.367 e. The van der Waals surface area contributed by atoms with Gasteiger partial charge in [0.1, 0.15) is 0 Å². The van der Waals surface area contributed by atoms with Gasteiger partial charge in [0.15, 0.2) is 0 Å². The van der Waals surface area contributed by atoms with Crippen LogP contribution in [0.15, 0.2) is 60.3 Å². The second-order valence-electron chi connectivity index (χ2n) is 5.57. The monoisotopic (exact) mass is 376 g/mol. The van der Waals surface area contributed by atoms with Crippen molar-refractivity contribution in [2.24, 2.45) is 0 Å². The van der Waals surface area contributed by atoms with E-state index in [1.165, 1.54) is 0 Å². The number of rotatable bonds is 5. The Morgan fingerprint density at radius 1 is 1.21 bits per heavy atom. The van der Waals surface area contributed by atoms with Crippen LogP contribution < -0.4 is 0 Å². The third-order valence-corrected chi connectivity index (χ3v) is 5.93. The van der Waals surface area contributed by atoms with E-state index < -0.39 is 0 Å². The van der Waals surface area contributed by atoms with E-state index in [0.717, 1.165) is 47.0 Å². The smallest absolute Gasteiger partial charge is 0.0557 e. The third kappa shape index (κ3) is 4.15. The second-order valence-corrected chi connectivity index (χ2v) is 7.37. The zero-order valence-corrected chi connectivity index (χ0v) is 15.5. The zero-order valence-electron chi connectivity index (χ0n) is 13.2. The van der Waals surface area contributed by atoms with E-state index >= 15 is 0 Å². The average molecular weight is 377 g/mol. The summed E-state index contributed by atoms with van der Waals surface area (Å²) in [5.74, 6) is 0.761. The zero-order chi connectivity index (χ0) is 16.9. The van der Waals surface area contributed by atoms with Crippen molar-refractivity contribution >= 4 is 40.7 Å². The molecule has 1 aliphatic heterocycles. The molecule has 0 atom stereocenters. The summed E-state index contributed by atoms with van der Waals surface area (Å²) in [6.07, 6.45) is 9.21. The minimum atomic E-state index is 0.682. The topological polar surface area (TPSA) is 16.1 Å². The number of hydrogen-bond acceptors (Lipinski definition) is 3. The number of thioether (sulfide) groups is 1. The Morgan fingerprint density at radius 2 is 2.00 bits per heavy atom. The number of halogens is 2. The Morgan fingerprint density at radius 3 is 2.71 bits per heavy atom. The van der Waals surface area contributed by atoms with Crippen LogP contribution in [0.3, 0.4) is 0 Å². The van der Waals surface area contributed by atoms with Gasteiger partial charge in [-0.1, -0.05) is 48.0 Å². The van der Waals surface area contributed by atoms with Crippen molar-refractivity contribution in [3.8, 4) is 0 Å². The van der Waals surface area contributed by atoms with Gasteiger partial charge < -0.3 is 4.90 Å². The summed E-state index contributed by atoms with van der Waals surface area (Å²) in [6, 6.07) is 7.71. The fourth-order valence-electron chi connectivity index (χ4n) is 2.57. The van der Waals surface area contributed by atoms with E-state index in [-0.39, 0.29) is 0 Å². The second kappa shape index (κ2) is 8.11. The van der Waals surface area contributed by atoms with Crippen LogP contribution in [-0.2, 0) is 5.75 Å². The molecule has 2 aromatic rings. The molecule has 0 spiro atoms. The van der Waals surface area contributed by atoms with Crippen LogP contribution >= 0.6 is 35.0 Å². The van der Waals surface area contributed by atoms with Gasteiger partial charge >= 0.3 is 0 Å². The van der Waals surface area contributed by atoms with Gasteiger partial charge in [-0.05, 0) is 30.2 Å². The normalized spacial score (nSPS) is 14.0. The Balaban J connectivity index is 1.71. The number of aromatic nitrogens is 1. The van der Waals surface area contributed by atoms with Crippen molar-refractivity contribution in [2.75, 3.05) is 13.1 Å². The average Bonchev–Trinajstić information content (AvgIpc) is 2.62. The molecule has 0 fully saturated rings. The molecular formula is C19H18Cl2N2S. The lowest BCUT2D eigenvalue weighted by atomic mass is 10.1. The van der Waals surface area contributed by atoms with Crippen molar-refractivity contribution in [3.63, 3.8) is 0 Å². The highest BCUT2D eigenvalue weighted by molar-refractivity contribution is 7.98. The Kier molecular flexibility index (Phi) is 5.88. The molecule has 0 amide bonds. The Hall–Kier alpha value is -1.42. The maximum atomic E-state index is 6.23. The molecule has 0 aliphatic carbocycles. The molecule has 0 saturated carbocycles. The molecule has 0 N–H and O–H groups in total. The SMILES string of the molecule is C=C(c1cncc(CSc2c(Cl)cccc2Cl)c1)N1CC=CCC1. The minimum absolute atomic E-state index is 0.682. The van der Waals surface area contributed by atoms with Gasteiger partial charge in [0, 0.05) is 47.4 Å². The molecule has 3 rings (SSSR count). The van der Waals surface area contributed by atoms with Gasteiger partial charge in [-0.15, -0.1) is 11.8 Å². The predicted octanol–water partition coefficient (Wildman–Crippen LogP) is 5.91. The van der Waals surface area contributed by atoms with E-state index in [1.54, 1.807) is 11.8 Å². The number of pyridine rings is 1. The fraction of sp³-hybridized carbons (Fsp3) is 0.211. The molecule has 0 saturated heterocycles. The summed E-state index contributed by atoms with van der Waals surface area (Å²) >= 11 is 14.1. The van der Waals surface area contributed by atoms with Crippen LogP contribution in [0.4, 0.5) is 0 Å². The molecule has 2 nitrogen and oxygen atoms in total. The molecule has 2 heterocycles. The molecule has 0 radical (unpaired) electrons. The first-order valence-electron chi connectivity index (χ1n) is 7.75. The highest BCUT2D eigenvalue weighted by atomic mass is 35.5. The lowest BCUT2D eigenvalue weighted by Gasteiger charge is -2.27. The quantitative estimate of drug-likeness (QED) is 0.476. The number of benzene rings is 1. The molecule has 1 aliphatic rings. The number of hydrogen-bond donors (Lipinski definition) is 0. The van der Waals surface area contributed by atoms with Crippen LogP contribution in [0.5, 0.6) is 0 Å². The fourth-order valence-corrected chi connectivity index (χ4v) is 4.17. The largest absolute Gasteiger partial charge is 0.367 e. The summed E-state index contributed by atoms with van der Waals surface area (Å²) in [7, 11) is 0. The van der Waals surface area contributed by atoms with E-state index in [2.05, 4.69) is 34.7 Å². The third-order valence-electron chi connectivity index (χ3n) is 3.87. The summed E-state index contributed by atoms with van der Waals surface area (Å²) in [4.78, 5) is 7.56. The summed E-state index contributed by atoms with van der Waals surface area (Å²) in [5.41, 5.74) is 3.21. The van der Waals surface area contributed by atoms with Gasteiger partial charge in [-0.3, -0.25) is 4.98 Å². The van der Waals surface area contributed by atoms with Gasteiger partial charge in [-0.2, -0.15) is 0 Å². The molecular weight excluding hydrogens is 359 g/mol. The van der Waals surface area contributed by atoms with Crippen molar-refractivity contribution in [3.05, 3.63) is 76.6 Å². The van der Waals surface area contributed by atoms with Gasteiger partial charge in [0.25, 0.3) is 0 Å².